The summed E-state index contributed by atoms with van der Waals surface area (Å²) in [6.45, 7) is 4.40. The Kier molecular flexibility index (Phi) is 7.11. The van der Waals surface area contributed by atoms with Gasteiger partial charge in [-0.3, -0.25) is 19.2 Å². The number of hydrogen-bond acceptors (Lipinski definition) is 7. The minimum Gasteiger partial charge on any atom is -0.462 e. The highest BCUT2D eigenvalue weighted by Crippen LogP contribution is 2.27. The molecule has 188 valence electrons. The average molecular weight is 478 g/mol. The maximum atomic E-state index is 13.5. The van der Waals surface area contributed by atoms with E-state index in [2.05, 4.69) is 5.32 Å². The number of esters is 1. The molecule has 0 aromatic carbocycles. The summed E-state index contributed by atoms with van der Waals surface area (Å²) in [4.78, 5) is 70.2. The van der Waals surface area contributed by atoms with Crippen LogP contribution in [0.5, 0.6) is 0 Å². The van der Waals surface area contributed by atoms with Crippen molar-refractivity contribution in [2.75, 3.05) is 26.2 Å². The molecule has 0 unspecified atom stereocenters. The van der Waals surface area contributed by atoms with Gasteiger partial charge in [-0.25, -0.2) is 4.79 Å². The van der Waals surface area contributed by atoms with Gasteiger partial charge in [0.05, 0.1) is 0 Å². The van der Waals surface area contributed by atoms with Gasteiger partial charge in [0.25, 0.3) is 0 Å². The molecule has 0 bridgehead atoms. The molecule has 0 spiro atoms. The van der Waals surface area contributed by atoms with E-state index in [0.29, 0.717) is 45.3 Å². The van der Waals surface area contributed by atoms with Crippen molar-refractivity contribution in [3.63, 3.8) is 0 Å². The number of fused-ring (bicyclic) bond motifs is 3. The van der Waals surface area contributed by atoms with Crippen LogP contribution in [-0.4, -0.2) is 101 Å². The lowest BCUT2D eigenvalue weighted by Crippen LogP contribution is -2.60. The number of rotatable bonds is 0. The van der Waals surface area contributed by atoms with E-state index in [1.165, 1.54) is 9.80 Å². The number of piperidine rings is 1. The molecule has 3 N–H and O–H groups in total. The third-order valence-corrected chi connectivity index (χ3v) is 7.43. The molecule has 4 rings (SSSR count). The van der Waals surface area contributed by atoms with Gasteiger partial charge in [0.15, 0.2) is 0 Å². The van der Waals surface area contributed by atoms with Crippen molar-refractivity contribution in [2.45, 2.75) is 82.6 Å². The molecular weight excluding hydrogens is 442 g/mol. The Hall–Kier alpha value is -2.69. The van der Waals surface area contributed by atoms with Crippen LogP contribution in [0.25, 0.3) is 0 Å². The molecule has 0 aromatic heterocycles. The van der Waals surface area contributed by atoms with E-state index in [9.17, 15) is 24.0 Å². The molecule has 0 saturated carbocycles. The van der Waals surface area contributed by atoms with Gasteiger partial charge in [0, 0.05) is 19.6 Å². The van der Waals surface area contributed by atoms with E-state index in [4.69, 9.17) is 10.5 Å². The molecule has 6 atom stereocenters. The lowest BCUT2D eigenvalue weighted by atomic mass is 9.99. The highest BCUT2D eigenvalue weighted by Gasteiger charge is 2.45. The van der Waals surface area contributed by atoms with Gasteiger partial charge < -0.3 is 30.5 Å². The molecule has 11 nitrogen and oxygen atoms in total. The Morgan fingerprint density at radius 2 is 1.50 bits per heavy atom. The fourth-order valence-electron chi connectivity index (χ4n) is 5.63. The van der Waals surface area contributed by atoms with Gasteiger partial charge in [-0.15, -0.1) is 0 Å². The van der Waals surface area contributed by atoms with Crippen molar-refractivity contribution in [1.29, 1.82) is 0 Å². The maximum absolute atomic E-state index is 13.5. The van der Waals surface area contributed by atoms with Crippen LogP contribution in [0.4, 0.5) is 0 Å². The van der Waals surface area contributed by atoms with E-state index in [-0.39, 0.29) is 30.2 Å². The van der Waals surface area contributed by atoms with E-state index in [1.807, 2.05) is 6.92 Å². The molecular formula is C23H35N5O6. The lowest BCUT2D eigenvalue weighted by Gasteiger charge is -2.39. The van der Waals surface area contributed by atoms with Gasteiger partial charge in [-0.2, -0.15) is 0 Å². The van der Waals surface area contributed by atoms with Gasteiger partial charge in [-0.05, 0) is 51.4 Å². The molecule has 4 heterocycles. The monoisotopic (exact) mass is 477 g/mol. The van der Waals surface area contributed by atoms with Crippen LogP contribution in [-0.2, 0) is 28.7 Å². The SMILES string of the molecule is C[C@@H]1C[C@H]2C(=O)OC[C@H](N)C(=O)N3CCC[C@H]3C(=O)N3CCCC[C@H]3C(=O)N[C@@H](C)C(=O)N2C1. The number of cyclic esters (lactones) is 1. The van der Waals surface area contributed by atoms with Crippen LogP contribution in [0.2, 0.25) is 0 Å². The Bertz CT molecular complexity index is 865. The summed E-state index contributed by atoms with van der Waals surface area (Å²) in [5, 5.41) is 2.77. The Morgan fingerprint density at radius 3 is 2.26 bits per heavy atom. The summed E-state index contributed by atoms with van der Waals surface area (Å²) in [6, 6.07) is -4.14. The highest BCUT2D eigenvalue weighted by atomic mass is 16.5. The van der Waals surface area contributed by atoms with E-state index < -0.39 is 42.1 Å². The molecule has 4 aliphatic heterocycles. The third-order valence-electron chi connectivity index (χ3n) is 7.43. The summed E-state index contributed by atoms with van der Waals surface area (Å²) in [7, 11) is 0. The van der Waals surface area contributed by atoms with Crippen molar-refractivity contribution in [3.05, 3.63) is 0 Å². The zero-order valence-corrected chi connectivity index (χ0v) is 19.9. The highest BCUT2D eigenvalue weighted by molar-refractivity contribution is 5.96. The second-order valence-electron chi connectivity index (χ2n) is 10.0. The van der Waals surface area contributed by atoms with Crippen molar-refractivity contribution < 1.29 is 28.7 Å². The number of nitrogens with zero attached hydrogens (tertiary/aromatic N) is 3. The molecule has 0 aromatic rings. The summed E-state index contributed by atoms with van der Waals surface area (Å²) < 4.78 is 5.37. The topological polar surface area (TPSA) is 142 Å². The average Bonchev–Trinajstić information content (AvgIpc) is 3.47. The maximum Gasteiger partial charge on any atom is 0.328 e. The van der Waals surface area contributed by atoms with Gasteiger partial charge in [0.2, 0.25) is 23.6 Å². The molecule has 4 saturated heterocycles. The van der Waals surface area contributed by atoms with Crippen LogP contribution >= 0.6 is 0 Å². The minimum atomic E-state index is -1.10. The van der Waals surface area contributed by atoms with E-state index >= 15 is 0 Å². The molecule has 11 heteroatoms. The van der Waals surface area contributed by atoms with E-state index in [0.717, 1.165) is 12.8 Å². The predicted molar refractivity (Wildman–Crippen MR) is 120 cm³/mol. The number of carbonyl (C=O) groups is 5. The number of nitrogens with one attached hydrogen (secondary N) is 1. The van der Waals surface area contributed by atoms with Crippen LogP contribution < -0.4 is 11.1 Å². The van der Waals surface area contributed by atoms with Gasteiger partial charge in [0.1, 0.15) is 36.8 Å². The quantitative estimate of drug-likeness (QED) is 0.426. The number of carbonyl (C=O) groups excluding carboxylic acids is 5. The zero-order valence-electron chi connectivity index (χ0n) is 19.9. The first-order valence-electron chi connectivity index (χ1n) is 12.3. The molecule has 4 aliphatic rings. The summed E-state index contributed by atoms with van der Waals surface area (Å²) in [5.41, 5.74) is 6.08. The fraction of sp³-hybridized carbons (Fsp3) is 0.783. The standard InChI is InChI=1S/C23H35N5O6/c1-13-10-18-23(33)34-12-15(24)21(31)27-9-5-7-17(27)22(32)26-8-4-3-6-16(26)19(29)25-14(2)20(30)28(18)11-13/h13-18H,3-12,24H2,1-2H3,(H,25,29)/t13-,14+,15+,16+,17+,18+/m1/s1. The normalized spacial score (nSPS) is 36.1. The van der Waals surface area contributed by atoms with Crippen LogP contribution in [0.1, 0.15) is 52.4 Å². The number of nitrogens with two attached hydrogens (primary N) is 1. The molecule has 4 fully saturated rings. The molecule has 0 aliphatic carbocycles. The number of ether oxygens (including phenoxy) is 1. The Balaban J connectivity index is 1.64. The largest absolute Gasteiger partial charge is 0.462 e. The van der Waals surface area contributed by atoms with Crippen molar-refractivity contribution in [1.82, 2.24) is 20.0 Å². The van der Waals surface area contributed by atoms with Crippen molar-refractivity contribution >= 4 is 29.6 Å². The Labute approximate surface area is 199 Å². The Morgan fingerprint density at radius 1 is 0.824 bits per heavy atom. The molecule has 0 radical (unpaired) electrons. The van der Waals surface area contributed by atoms with Gasteiger partial charge in [-0.1, -0.05) is 6.92 Å². The number of amides is 4. The fourth-order valence-corrected chi connectivity index (χ4v) is 5.63. The van der Waals surface area contributed by atoms with Crippen molar-refractivity contribution in [3.8, 4) is 0 Å². The van der Waals surface area contributed by atoms with Crippen LogP contribution in [0.15, 0.2) is 0 Å². The van der Waals surface area contributed by atoms with Crippen LogP contribution in [0, 0.1) is 5.92 Å². The third kappa shape index (κ3) is 4.62. The summed E-state index contributed by atoms with van der Waals surface area (Å²) in [6.07, 6.45) is 3.64. The smallest absolute Gasteiger partial charge is 0.328 e. The van der Waals surface area contributed by atoms with Gasteiger partial charge >= 0.3 is 5.97 Å². The second kappa shape index (κ2) is 9.89. The van der Waals surface area contributed by atoms with E-state index in [1.54, 1.807) is 11.8 Å². The predicted octanol–water partition coefficient (Wildman–Crippen LogP) is -1.02. The molecule has 34 heavy (non-hydrogen) atoms. The zero-order chi connectivity index (χ0) is 24.6. The second-order valence-corrected chi connectivity index (χ2v) is 10.0. The van der Waals surface area contributed by atoms with Crippen LogP contribution in [0.3, 0.4) is 0 Å². The number of hydrogen-bond donors (Lipinski definition) is 2. The summed E-state index contributed by atoms with van der Waals surface area (Å²) >= 11 is 0. The van der Waals surface area contributed by atoms with Crippen molar-refractivity contribution in [2.24, 2.45) is 11.7 Å². The first-order valence-corrected chi connectivity index (χ1v) is 12.3. The minimum absolute atomic E-state index is 0.0820. The first kappa shape index (κ1) is 24.4. The lowest BCUT2D eigenvalue weighted by molar-refractivity contribution is -0.157. The molecule has 4 amide bonds. The first-order chi connectivity index (χ1) is 16.2. The summed E-state index contributed by atoms with van der Waals surface area (Å²) in [5.74, 6) is -2.01.